The minimum Gasteiger partial charge on any atom is -0.383 e. The lowest BCUT2D eigenvalue weighted by Gasteiger charge is -2.00. The number of fused-ring (bicyclic) bond motifs is 1. The fourth-order valence-corrected chi connectivity index (χ4v) is 2.85. The summed E-state index contributed by atoms with van der Waals surface area (Å²) in [5, 5.41) is 0.989. The number of hydrogen-bond donors (Lipinski definition) is 1. The van der Waals surface area contributed by atoms with Crippen LogP contribution in [-0.4, -0.2) is 9.38 Å². The maximum Gasteiger partial charge on any atom is 0.158 e. The van der Waals surface area contributed by atoms with Gasteiger partial charge < -0.3 is 5.73 Å². The van der Waals surface area contributed by atoms with Crippen molar-refractivity contribution in [2.45, 2.75) is 0 Å². The minimum atomic E-state index is 0.473. The molecule has 0 saturated carbocycles. The number of hydrogen-bond acceptors (Lipinski definition) is 2. The first kappa shape index (κ1) is 12.8. The van der Waals surface area contributed by atoms with Gasteiger partial charge in [0.2, 0.25) is 0 Å². The fraction of sp³-hybridized carbons (Fsp3) is 0. The molecule has 0 aliphatic heterocycles. The zero-order chi connectivity index (χ0) is 13.6. The smallest absolute Gasteiger partial charge is 0.158 e. The molecular formula is C13H8BrCl2N3. The molecule has 3 rings (SSSR count). The number of nitrogens with zero attached hydrogens (tertiary/aromatic N) is 2. The number of imidazole rings is 1. The summed E-state index contributed by atoms with van der Waals surface area (Å²) in [4.78, 5) is 4.49. The van der Waals surface area contributed by atoms with Crippen molar-refractivity contribution in [2.24, 2.45) is 0 Å². The summed E-state index contributed by atoms with van der Waals surface area (Å²) in [6.45, 7) is 0. The molecule has 19 heavy (non-hydrogen) atoms. The standard InChI is InChI=1S/C13H8BrCl2N3/c14-8-3-1-2-7(4-8)11-12(17)19-6-9(15)5-10(16)13(19)18-11/h1-6H,17H2. The molecule has 1 aromatic carbocycles. The molecule has 3 aromatic rings. The van der Waals surface area contributed by atoms with Crippen molar-refractivity contribution in [1.82, 2.24) is 9.38 Å². The molecule has 0 spiro atoms. The number of nitrogen functional groups attached to an aromatic ring is 1. The van der Waals surface area contributed by atoms with Crippen LogP contribution in [0.2, 0.25) is 10.0 Å². The Morgan fingerprint density at radius 3 is 2.74 bits per heavy atom. The molecule has 2 N–H and O–H groups in total. The van der Waals surface area contributed by atoms with E-state index in [1.54, 1.807) is 16.7 Å². The van der Waals surface area contributed by atoms with E-state index in [4.69, 9.17) is 28.9 Å². The summed E-state index contributed by atoms with van der Waals surface area (Å²) in [7, 11) is 0. The Bertz CT molecular complexity index is 783. The minimum absolute atomic E-state index is 0.473. The van der Waals surface area contributed by atoms with Gasteiger partial charge in [0.05, 0.1) is 10.0 Å². The molecule has 0 bridgehead atoms. The lowest BCUT2D eigenvalue weighted by Crippen LogP contribution is -1.94. The summed E-state index contributed by atoms with van der Waals surface area (Å²) in [5.41, 5.74) is 8.33. The van der Waals surface area contributed by atoms with Gasteiger partial charge in [0.25, 0.3) is 0 Å². The monoisotopic (exact) mass is 355 g/mol. The van der Waals surface area contributed by atoms with Gasteiger partial charge in [0.15, 0.2) is 5.65 Å². The Hall–Kier alpha value is -1.23. The average Bonchev–Trinajstić information content (AvgIpc) is 2.68. The van der Waals surface area contributed by atoms with E-state index >= 15 is 0 Å². The van der Waals surface area contributed by atoms with E-state index in [0.29, 0.717) is 27.2 Å². The highest BCUT2D eigenvalue weighted by atomic mass is 79.9. The second-order valence-corrected chi connectivity index (χ2v) is 5.82. The van der Waals surface area contributed by atoms with Crippen LogP contribution in [0.1, 0.15) is 0 Å². The quantitative estimate of drug-likeness (QED) is 0.689. The highest BCUT2D eigenvalue weighted by molar-refractivity contribution is 9.10. The van der Waals surface area contributed by atoms with Crippen molar-refractivity contribution in [1.29, 1.82) is 0 Å². The topological polar surface area (TPSA) is 43.3 Å². The van der Waals surface area contributed by atoms with E-state index in [1.165, 1.54) is 0 Å². The van der Waals surface area contributed by atoms with Gasteiger partial charge in [-0.05, 0) is 18.2 Å². The number of rotatable bonds is 1. The Kier molecular flexibility index (Phi) is 3.17. The molecule has 0 aliphatic carbocycles. The van der Waals surface area contributed by atoms with Gasteiger partial charge in [-0.2, -0.15) is 0 Å². The summed E-state index contributed by atoms with van der Waals surface area (Å²) < 4.78 is 2.66. The van der Waals surface area contributed by atoms with Gasteiger partial charge in [-0.15, -0.1) is 0 Å². The average molecular weight is 357 g/mol. The normalized spacial score (nSPS) is 11.1. The molecule has 3 nitrogen and oxygen atoms in total. The van der Waals surface area contributed by atoms with E-state index < -0.39 is 0 Å². The van der Waals surface area contributed by atoms with E-state index in [9.17, 15) is 0 Å². The molecule has 0 aliphatic rings. The predicted octanol–water partition coefficient (Wildman–Crippen LogP) is 4.65. The summed E-state index contributed by atoms with van der Waals surface area (Å²) >= 11 is 15.5. The van der Waals surface area contributed by atoms with Crippen LogP contribution in [0.25, 0.3) is 16.9 Å². The predicted molar refractivity (Wildman–Crippen MR) is 82.8 cm³/mol. The first-order valence-corrected chi connectivity index (χ1v) is 6.99. The number of pyridine rings is 1. The number of aromatic nitrogens is 2. The van der Waals surface area contributed by atoms with Crippen molar-refractivity contribution < 1.29 is 0 Å². The van der Waals surface area contributed by atoms with Gasteiger partial charge in [-0.1, -0.05) is 51.3 Å². The molecule has 0 fully saturated rings. The third-order valence-electron chi connectivity index (χ3n) is 2.78. The molecule has 2 aromatic heterocycles. The first-order valence-electron chi connectivity index (χ1n) is 5.45. The van der Waals surface area contributed by atoms with Crippen LogP contribution in [0, 0.1) is 0 Å². The highest BCUT2D eigenvalue weighted by Crippen LogP contribution is 2.32. The van der Waals surface area contributed by atoms with Gasteiger partial charge in [0, 0.05) is 16.2 Å². The molecule has 0 atom stereocenters. The highest BCUT2D eigenvalue weighted by Gasteiger charge is 2.14. The largest absolute Gasteiger partial charge is 0.383 e. The Labute approximate surface area is 128 Å². The summed E-state index contributed by atoms with van der Waals surface area (Å²) in [6.07, 6.45) is 1.70. The van der Waals surface area contributed by atoms with E-state index in [1.807, 2.05) is 24.3 Å². The fourth-order valence-electron chi connectivity index (χ4n) is 1.94. The molecule has 0 unspecified atom stereocenters. The third-order valence-corrected chi connectivity index (χ3v) is 3.75. The molecule has 0 radical (unpaired) electrons. The van der Waals surface area contributed by atoms with Crippen molar-refractivity contribution in [3.63, 3.8) is 0 Å². The lowest BCUT2D eigenvalue weighted by atomic mass is 10.1. The first-order chi connectivity index (χ1) is 9.06. The summed E-state index contributed by atoms with van der Waals surface area (Å²) in [5.74, 6) is 0.512. The number of anilines is 1. The van der Waals surface area contributed by atoms with Gasteiger partial charge in [-0.3, -0.25) is 4.40 Å². The zero-order valence-electron chi connectivity index (χ0n) is 9.57. The SMILES string of the molecule is Nc1c(-c2cccc(Br)c2)nc2c(Cl)cc(Cl)cn12. The van der Waals surface area contributed by atoms with Crippen molar-refractivity contribution in [3.05, 3.63) is 51.0 Å². The maximum atomic E-state index is 6.13. The Morgan fingerprint density at radius 2 is 2.00 bits per heavy atom. The second-order valence-electron chi connectivity index (χ2n) is 4.06. The lowest BCUT2D eigenvalue weighted by molar-refractivity contribution is 1.20. The maximum absolute atomic E-state index is 6.13. The van der Waals surface area contributed by atoms with E-state index in [0.717, 1.165) is 10.0 Å². The van der Waals surface area contributed by atoms with Crippen molar-refractivity contribution in [3.8, 4) is 11.3 Å². The van der Waals surface area contributed by atoms with Crippen LogP contribution in [-0.2, 0) is 0 Å². The number of nitrogens with two attached hydrogens (primary N) is 1. The Balaban J connectivity index is 2.31. The number of benzene rings is 1. The van der Waals surface area contributed by atoms with Crippen LogP contribution in [0.3, 0.4) is 0 Å². The number of halogens is 3. The summed E-state index contributed by atoms with van der Waals surface area (Å²) in [6, 6.07) is 9.42. The van der Waals surface area contributed by atoms with Crippen LogP contribution in [0.4, 0.5) is 5.82 Å². The Morgan fingerprint density at radius 1 is 1.21 bits per heavy atom. The molecule has 6 heteroatoms. The van der Waals surface area contributed by atoms with Crippen molar-refractivity contribution >= 4 is 50.6 Å². The van der Waals surface area contributed by atoms with Crippen LogP contribution in [0.15, 0.2) is 41.0 Å². The van der Waals surface area contributed by atoms with Crippen LogP contribution < -0.4 is 5.73 Å². The van der Waals surface area contributed by atoms with E-state index in [2.05, 4.69) is 20.9 Å². The van der Waals surface area contributed by atoms with E-state index in [-0.39, 0.29) is 0 Å². The molecule has 96 valence electrons. The second kappa shape index (κ2) is 4.71. The van der Waals surface area contributed by atoms with Gasteiger partial charge >= 0.3 is 0 Å². The van der Waals surface area contributed by atoms with Gasteiger partial charge in [0.1, 0.15) is 11.5 Å². The molecular weight excluding hydrogens is 349 g/mol. The van der Waals surface area contributed by atoms with Crippen LogP contribution in [0.5, 0.6) is 0 Å². The zero-order valence-corrected chi connectivity index (χ0v) is 12.7. The van der Waals surface area contributed by atoms with Crippen LogP contribution >= 0.6 is 39.1 Å². The van der Waals surface area contributed by atoms with Gasteiger partial charge in [-0.25, -0.2) is 4.98 Å². The van der Waals surface area contributed by atoms with Crippen molar-refractivity contribution in [2.75, 3.05) is 5.73 Å². The molecule has 0 saturated heterocycles. The molecule has 2 heterocycles. The third kappa shape index (κ3) is 2.20. The molecule has 0 amide bonds.